The van der Waals surface area contributed by atoms with Crippen LogP contribution < -0.4 is 4.74 Å². The minimum Gasteiger partial charge on any atom is -0.481 e. The molecule has 0 unspecified atom stereocenters. The molecule has 0 bridgehead atoms. The predicted octanol–water partition coefficient (Wildman–Crippen LogP) is 2.30. The molecule has 0 saturated heterocycles. The molecule has 0 saturated carbocycles. The van der Waals surface area contributed by atoms with Gasteiger partial charge in [0.2, 0.25) is 11.7 Å². The molecule has 2 rings (SSSR count). The van der Waals surface area contributed by atoms with Gasteiger partial charge in [0.1, 0.15) is 5.56 Å². The number of carbonyl (C=O) groups is 1. The summed E-state index contributed by atoms with van der Waals surface area (Å²) in [4.78, 5) is 13.3. The number of sulfone groups is 1. The Bertz CT molecular complexity index is 940. The van der Waals surface area contributed by atoms with Gasteiger partial charge < -0.3 is 4.74 Å². The average Bonchev–Trinajstić information content (AvgIpc) is 2.74. The minimum absolute atomic E-state index is 0.221. The third-order valence-electron chi connectivity index (χ3n) is 4.23. The summed E-state index contributed by atoms with van der Waals surface area (Å²) in [7, 11) is -0.167. The molecule has 6 nitrogen and oxygen atoms in total. The highest BCUT2D eigenvalue weighted by atomic mass is 32.2. The van der Waals surface area contributed by atoms with E-state index in [1.807, 2.05) is 0 Å². The second-order valence-corrected chi connectivity index (χ2v) is 7.97. The molecule has 0 fully saturated rings. The first kappa shape index (κ1) is 18.2. The van der Waals surface area contributed by atoms with Crippen molar-refractivity contribution in [1.29, 1.82) is 0 Å². The van der Waals surface area contributed by atoms with Crippen LogP contribution in [0.2, 0.25) is 0 Å². The Labute approximate surface area is 142 Å². The van der Waals surface area contributed by atoms with E-state index >= 15 is 0 Å². The largest absolute Gasteiger partial charge is 0.481 e. The zero-order valence-electron chi connectivity index (χ0n) is 15.0. The second kappa shape index (κ2) is 6.05. The lowest BCUT2D eigenvalue weighted by atomic mass is 9.94. The van der Waals surface area contributed by atoms with E-state index in [1.165, 1.54) is 18.0 Å². The molecular formula is C17H22N2O4S. The molecule has 2 aromatic rings. The van der Waals surface area contributed by atoms with Crippen LogP contribution in [-0.2, 0) is 16.9 Å². The minimum atomic E-state index is -3.36. The summed E-state index contributed by atoms with van der Waals surface area (Å²) in [5, 5.41) is 4.23. The van der Waals surface area contributed by atoms with E-state index in [9.17, 15) is 13.2 Å². The van der Waals surface area contributed by atoms with Gasteiger partial charge in [-0.05, 0) is 50.5 Å². The summed E-state index contributed by atoms with van der Waals surface area (Å²) in [6.45, 7) is 6.93. The first-order chi connectivity index (χ1) is 11.0. The van der Waals surface area contributed by atoms with Gasteiger partial charge in [-0.3, -0.25) is 4.79 Å². The van der Waals surface area contributed by atoms with E-state index < -0.39 is 9.84 Å². The van der Waals surface area contributed by atoms with Crippen molar-refractivity contribution in [1.82, 2.24) is 9.78 Å². The Kier molecular flexibility index (Phi) is 4.59. The van der Waals surface area contributed by atoms with Crippen LogP contribution in [0.5, 0.6) is 5.88 Å². The van der Waals surface area contributed by atoms with Crippen molar-refractivity contribution in [3.05, 3.63) is 39.6 Å². The molecule has 24 heavy (non-hydrogen) atoms. The summed E-state index contributed by atoms with van der Waals surface area (Å²) < 4.78 is 30.9. The van der Waals surface area contributed by atoms with Crippen molar-refractivity contribution in [2.45, 2.75) is 32.6 Å². The third kappa shape index (κ3) is 2.84. The number of aromatic nitrogens is 2. The van der Waals surface area contributed by atoms with Gasteiger partial charge in [-0.15, -0.1) is 0 Å². The Balaban J connectivity index is 2.74. The Hall–Kier alpha value is -2.15. The summed E-state index contributed by atoms with van der Waals surface area (Å²) >= 11 is 0. The zero-order chi connectivity index (χ0) is 18.4. The SMILES string of the molecule is COc1c(C(=O)c2cc(C)c(S(C)(=O)=O)c(C)c2C)c(C)nn1C. The van der Waals surface area contributed by atoms with Crippen molar-refractivity contribution in [2.75, 3.05) is 13.4 Å². The van der Waals surface area contributed by atoms with E-state index in [0.717, 1.165) is 0 Å². The molecule has 0 radical (unpaired) electrons. The number of methoxy groups -OCH3 is 1. The number of hydrogen-bond donors (Lipinski definition) is 0. The zero-order valence-corrected chi connectivity index (χ0v) is 15.8. The van der Waals surface area contributed by atoms with Crippen LogP contribution in [0.15, 0.2) is 11.0 Å². The van der Waals surface area contributed by atoms with Gasteiger partial charge in [0.15, 0.2) is 9.84 Å². The predicted molar refractivity (Wildman–Crippen MR) is 91.7 cm³/mol. The normalized spacial score (nSPS) is 11.6. The Morgan fingerprint density at radius 1 is 1.17 bits per heavy atom. The molecule has 1 heterocycles. The van der Waals surface area contributed by atoms with Crippen molar-refractivity contribution in [3.63, 3.8) is 0 Å². The van der Waals surface area contributed by atoms with Crippen molar-refractivity contribution in [2.24, 2.45) is 7.05 Å². The maximum absolute atomic E-state index is 13.1. The number of ketones is 1. The fraction of sp³-hybridized carbons (Fsp3) is 0.412. The maximum atomic E-state index is 13.1. The van der Waals surface area contributed by atoms with E-state index in [2.05, 4.69) is 5.10 Å². The van der Waals surface area contributed by atoms with Crippen molar-refractivity contribution < 1.29 is 17.9 Å². The highest BCUT2D eigenvalue weighted by Gasteiger charge is 2.26. The average molecular weight is 350 g/mol. The van der Waals surface area contributed by atoms with Gasteiger partial charge in [0.25, 0.3) is 0 Å². The first-order valence-electron chi connectivity index (χ1n) is 7.43. The lowest BCUT2D eigenvalue weighted by Gasteiger charge is -2.15. The standard InChI is InChI=1S/C17H22N2O4S/c1-9-8-13(10(2)11(3)16(9)24(7,21)22)15(20)14-12(4)18-19(5)17(14)23-6/h8H,1-7H3. The van der Waals surface area contributed by atoms with Gasteiger partial charge in [-0.1, -0.05) is 0 Å². The summed E-state index contributed by atoms with van der Waals surface area (Å²) in [5.74, 6) is 0.167. The highest BCUT2D eigenvalue weighted by molar-refractivity contribution is 7.90. The molecule has 7 heteroatoms. The van der Waals surface area contributed by atoms with Crippen LogP contribution in [-0.4, -0.2) is 37.3 Å². The maximum Gasteiger partial charge on any atom is 0.223 e. The summed E-state index contributed by atoms with van der Waals surface area (Å²) in [6, 6.07) is 1.63. The highest BCUT2D eigenvalue weighted by Crippen LogP contribution is 2.30. The number of nitrogens with zero attached hydrogens (tertiary/aromatic N) is 2. The van der Waals surface area contributed by atoms with E-state index in [-0.39, 0.29) is 10.7 Å². The van der Waals surface area contributed by atoms with Crippen LogP contribution in [0, 0.1) is 27.7 Å². The van der Waals surface area contributed by atoms with Crippen LogP contribution in [0.3, 0.4) is 0 Å². The fourth-order valence-electron chi connectivity index (χ4n) is 3.13. The van der Waals surface area contributed by atoms with Crippen molar-refractivity contribution >= 4 is 15.6 Å². The quantitative estimate of drug-likeness (QED) is 0.791. The van der Waals surface area contributed by atoms with Gasteiger partial charge in [-0.2, -0.15) is 5.10 Å². The monoisotopic (exact) mass is 350 g/mol. The number of ether oxygens (including phenoxy) is 1. The van der Waals surface area contributed by atoms with Gasteiger partial charge in [-0.25, -0.2) is 13.1 Å². The molecule has 1 aromatic carbocycles. The van der Waals surface area contributed by atoms with Gasteiger partial charge >= 0.3 is 0 Å². The van der Waals surface area contributed by atoms with E-state index in [0.29, 0.717) is 39.4 Å². The molecule has 0 aliphatic rings. The molecule has 130 valence electrons. The number of hydrogen-bond acceptors (Lipinski definition) is 5. The number of aryl methyl sites for hydroxylation is 3. The van der Waals surface area contributed by atoms with Crippen LogP contribution in [0.1, 0.15) is 38.3 Å². The van der Waals surface area contributed by atoms with Crippen LogP contribution >= 0.6 is 0 Å². The number of benzene rings is 1. The Morgan fingerprint density at radius 3 is 2.25 bits per heavy atom. The number of carbonyl (C=O) groups excluding carboxylic acids is 1. The smallest absolute Gasteiger partial charge is 0.223 e. The molecule has 0 aliphatic heterocycles. The van der Waals surface area contributed by atoms with E-state index in [4.69, 9.17) is 4.74 Å². The Morgan fingerprint density at radius 2 is 1.75 bits per heavy atom. The lowest BCUT2D eigenvalue weighted by molar-refractivity contribution is 0.103. The van der Waals surface area contributed by atoms with Crippen LogP contribution in [0.25, 0.3) is 0 Å². The molecule has 0 N–H and O–H groups in total. The van der Waals surface area contributed by atoms with Crippen LogP contribution in [0.4, 0.5) is 0 Å². The van der Waals surface area contributed by atoms with Crippen molar-refractivity contribution in [3.8, 4) is 5.88 Å². The lowest BCUT2D eigenvalue weighted by Crippen LogP contribution is -2.12. The van der Waals surface area contributed by atoms with Gasteiger partial charge in [0, 0.05) is 18.9 Å². The van der Waals surface area contributed by atoms with Gasteiger partial charge in [0.05, 0.1) is 17.7 Å². The molecule has 0 amide bonds. The topological polar surface area (TPSA) is 78.3 Å². The molecule has 1 aromatic heterocycles. The van der Waals surface area contributed by atoms with E-state index in [1.54, 1.807) is 40.8 Å². The first-order valence-corrected chi connectivity index (χ1v) is 9.33. The second-order valence-electron chi connectivity index (χ2n) is 6.01. The summed E-state index contributed by atoms with van der Waals surface area (Å²) in [5.41, 5.74) is 3.24. The summed E-state index contributed by atoms with van der Waals surface area (Å²) in [6.07, 6.45) is 1.18. The fourth-order valence-corrected chi connectivity index (χ4v) is 4.49. The molecular weight excluding hydrogens is 328 g/mol. The molecule has 0 spiro atoms. The number of rotatable bonds is 4. The molecule has 0 atom stereocenters. The molecule has 0 aliphatic carbocycles. The third-order valence-corrected chi connectivity index (χ3v) is 5.60.